The topological polar surface area (TPSA) is 70.8 Å². The monoisotopic (exact) mass is 600 g/mol. The first kappa shape index (κ1) is 28.2. The molecule has 216 valence electrons. The molecule has 0 radical (unpaired) electrons. The number of ether oxygens (including phenoxy) is 1. The third-order valence-corrected chi connectivity index (χ3v) is 8.65. The van der Waals surface area contributed by atoms with Crippen LogP contribution < -0.4 is 15.1 Å². The van der Waals surface area contributed by atoms with Gasteiger partial charge in [-0.1, -0.05) is 49.7 Å². The molecule has 2 aliphatic rings. The fraction of sp³-hybridized carbons (Fsp3) is 0.303. The fourth-order valence-electron chi connectivity index (χ4n) is 6.33. The summed E-state index contributed by atoms with van der Waals surface area (Å²) >= 11 is 12.9. The summed E-state index contributed by atoms with van der Waals surface area (Å²) in [7, 11) is 1.37. The molecule has 2 aliphatic heterocycles. The van der Waals surface area contributed by atoms with E-state index in [1.54, 1.807) is 18.3 Å². The van der Waals surface area contributed by atoms with Crippen LogP contribution in [0.15, 0.2) is 83.4 Å². The van der Waals surface area contributed by atoms with Crippen LogP contribution >= 0.6 is 23.8 Å². The van der Waals surface area contributed by atoms with Gasteiger partial charge < -0.3 is 24.3 Å². The zero-order valence-corrected chi connectivity index (χ0v) is 25.4. The summed E-state index contributed by atoms with van der Waals surface area (Å²) in [6.07, 6.45) is 3.00. The van der Waals surface area contributed by atoms with E-state index in [1.165, 1.54) is 13.5 Å². The average molecular weight is 601 g/mol. The van der Waals surface area contributed by atoms with E-state index in [9.17, 15) is 4.79 Å². The Kier molecular flexibility index (Phi) is 7.92. The van der Waals surface area contributed by atoms with Crippen LogP contribution in [0, 0.1) is 11.8 Å². The normalized spacial score (nSPS) is 22.2. The molecule has 2 saturated heterocycles. The molecule has 9 heteroatoms. The van der Waals surface area contributed by atoms with Crippen molar-refractivity contribution in [3.05, 3.63) is 101 Å². The molecular formula is C33H33ClN4O3S. The van der Waals surface area contributed by atoms with Crippen molar-refractivity contribution < 1.29 is 13.9 Å². The number of halogens is 1. The van der Waals surface area contributed by atoms with E-state index in [-0.39, 0.29) is 12.1 Å². The second-order valence-electron chi connectivity index (χ2n) is 11.2. The number of anilines is 2. The van der Waals surface area contributed by atoms with E-state index in [0.29, 0.717) is 44.6 Å². The first-order chi connectivity index (χ1) is 20.3. The molecule has 4 heterocycles. The predicted octanol–water partition coefficient (Wildman–Crippen LogP) is 7.44. The molecule has 0 amide bonds. The lowest BCUT2D eigenvalue weighted by Gasteiger charge is -2.37. The second kappa shape index (κ2) is 11.8. The lowest BCUT2D eigenvalue weighted by atomic mass is 9.91. The molecule has 0 unspecified atom stereocenters. The van der Waals surface area contributed by atoms with Crippen LogP contribution in [0.1, 0.15) is 54.2 Å². The molecule has 2 aromatic heterocycles. The van der Waals surface area contributed by atoms with Gasteiger partial charge in [0.25, 0.3) is 0 Å². The number of esters is 1. The number of piperidine rings is 1. The van der Waals surface area contributed by atoms with Gasteiger partial charge in [-0.05, 0) is 79.0 Å². The Morgan fingerprint density at radius 3 is 2.52 bits per heavy atom. The largest absolute Gasteiger partial charge is 0.465 e. The van der Waals surface area contributed by atoms with Crippen molar-refractivity contribution in [1.82, 2.24) is 10.3 Å². The van der Waals surface area contributed by atoms with Crippen molar-refractivity contribution in [2.45, 2.75) is 32.4 Å². The van der Waals surface area contributed by atoms with Crippen LogP contribution in [0.5, 0.6) is 0 Å². The first-order valence-electron chi connectivity index (χ1n) is 14.2. The Balaban J connectivity index is 1.40. The van der Waals surface area contributed by atoms with Gasteiger partial charge in [0, 0.05) is 30.5 Å². The van der Waals surface area contributed by atoms with Gasteiger partial charge in [-0.25, -0.2) is 4.79 Å². The van der Waals surface area contributed by atoms with Gasteiger partial charge in [0.2, 0.25) is 0 Å². The van der Waals surface area contributed by atoms with E-state index < -0.39 is 5.97 Å². The maximum atomic E-state index is 12.5. The fourth-order valence-corrected chi connectivity index (χ4v) is 6.97. The van der Waals surface area contributed by atoms with Crippen LogP contribution in [0.25, 0.3) is 11.3 Å². The smallest absolute Gasteiger partial charge is 0.338 e. The Morgan fingerprint density at radius 1 is 1.05 bits per heavy atom. The van der Waals surface area contributed by atoms with Crippen molar-refractivity contribution in [1.29, 1.82) is 0 Å². The number of furan rings is 1. The van der Waals surface area contributed by atoms with Crippen molar-refractivity contribution in [2.24, 2.45) is 11.8 Å². The van der Waals surface area contributed by atoms with E-state index in [1.807, 2.05) is 53.4 Å². The number of carbonyl (C=O) groups excluding carboxylic acids is 1. The maximum Gasteiger partial charge on any atom is 0.338 e. The standard InChI is InChI=1S/C33H33ClN4O3S/c1-20-16-21(2)19-37(18-20)27-12-11-22(17-25(27)34)38-31(30(36-33(38)42)26-10-6-7-15-35-26)29-14-13-28(41-29)23-8-4-5-9-24(23)32(39)40-3/h4-15,17,20-21,30-31H,16,18-19H2,1-3H3,(H,36,42)/t20-,21-,30-,31+/m0/s1. The van der Waals surface area contributed by atoms with Crippen LogP contribution in [0.4, 0.5) is 11.4 Å². The Hall–Kier alpha value is -3.88. The molecular weight excluding hydrogens is 568 g/mol. The zero-order chi connectivity index (χ0) is 29.4. The van der Waals surface area contributed by atoms with Crippen molar-refractivity contribution in [2.75, 3.05) is 30.0 Å². The first-order valence-corrected chi connectivity index (χ1v) is 14.9. The number of methoxy groups -OCH3 is 1. The van der Waals surface area contributed by atoms with Gasteiger partial charge >= 0.3 is 5.97 Å². The van der Waals surface area contributed by atoms with Crippen molar-refractivity contribution in [3.63, 3.8) is 0 Å². The van der Waals surface area contributed by atoms with Crippen LogP contribution in [-0.2, 0) is 4.74 Å². The highest BCUT2D eigenvalue weighted by Crippen LogP contribution is 2.45. The summed E-state index contributed by atoms with van der Waals surface area (Å²) < 4.78 is 11.5. The minimum absolute atomic E-state index is 0.282. The number of aromatic nitrogens is 1. The third-order valence-electron chi connectivity index (χ3n) is 8.03. The molecule has 0 spiro atoms. The van der Waals surface area contributed by atoms with Crippen LogP contribution in [0.2, 0.25) is 5.02 Å². The predicted molar refractivity (Wildman–Crippen MR) is 170 cm³/mol. The number of hydrogen-bond donors (Lipinski definition) is 1. The van der Waals surface area contributed by atoms with Gasteiger partial charge in [0.1, 0.15) is 17.6 Å². The van der Waals surface area contributed by atoms with E-state index in [0.717, 1.165) is 30.2 Å². The zero-order valence-electron chi connectivity index (χ0n) is 23.8. The summed E-state index contributed by atoms with van der Waals surface area (Å²) in [6, 6.07) is 22.4. The van der Waals surface area contributed by atoms with Gasteiger partial charge in [-0.15, -0.1) is 0 Å². The SMILES string of the molecule is COC(=O)c1ccccc1-c1ccc([C@@H]2[C@H](c3ccccn3)NC(=S)N2c2ccc(N3C[C@@H](C)C[C@H](C)C3)c(Cl)c2)o1. The second-order valence-corrected chi connectivity index (χ2v) is 12.0. The maximum absolute atomic E-state index is 12.5. The highest BCUT2D eigenvalue weighted by Gasteiger charge is 2.43. The summed E-state index contributed by atoms with van der Waals surface area (Å²) in [6.45, 7) is 6.56. The van der Waals surface area contributed by atoms with Gasteiger partial charge in [-0.3, -0.25) is 4.98 Å². The molecule has 2 fully saturated rings. The summed E-state index contributed by atoms with van der Waals surface area (Å²) in [5, 5.41) is 4.70. The molecule has 1 N–H and O–H groups in total. The Labute approximate surface area is 256 Å². The third kappa shape index (κ3) is 5.37. The van der Waals surface area contributed by atoms with Crippen LogP contribution in [-0.4, -0.2) is 36.3 Å². The number of thiocarbonyl (C=S) groups is 1. The molecule has 42 heavy (non-hydrogen) atoms. The quantitative estimate of drug-likeness (QED) is 0.181. The highest BCUT2D eigenvalue weighted by atomic mass is 35.5. The van der Waals surface area contributed by atoms with E-state index >= 15 is 0 Å². The minimum Gasteiger partial charge on any atom is -0.465 e. The molecule has 0 aliphatic carbocycles. The molecule has 0 saturated carbocycles. The van der Waals surface area contributed by atoms with Gasteiger partial charge in [-0.2, -0.15) is 0 Å². The molecule has 6 rings (SSSR count). The van der Waals surface area contributed by atoms with E-state index in [4.69, 9.17) is 33.0 Å². The summed E-state index contributed by atoms with van der Waals surface area (Å²) in [5.41, 5.74) is 3.81. The highest BCUT2D eigenvalue weighted by molar-refractivity contribution is 7.80. The van der Waals surface area contributed by atoms with Crippen molar-refractivity contribution >= 4 is 46.3 Å². The van der Waals surface area contributed by atoms with Crippen molar-refractivity contribution in [3.8, 4) is 11.3 Å². The number of hydrogen-bond acceptors (Lipinski definition) is 6. The Morgan fingerprint density at radius 2 is 1.81 bits per heavy atom. The molecule has 0 bridgehead atoms. The van der Waals surface area contributed by atoms with Gasteiger partial charge in [0.05, 0.1) is 35.1 Å². The summed E-state index contributed by atoms with van der Waals surface area (Å²) in [5.74, 6) is 2.03. The summed E-state index contributed by atoms with van der Waals surface area (Å²) in [4.78, 5) is 21.5. The number of carbonyl (C=O) groups is 1. The molecule has 4 aromatic rings. The molecule has 2 aromatic carbocycles. The Bertz CT molecular complexity index is 1600. The van der Waals surface area contributed by atoms with E-state index in [2.05, 4.69) is 41.2 Å². The molecule has 4 atom stereocenters. The van der Waals surface area contributed by atoms with Gasteiger partial charge in [0.15, 0.2) is 5.11 Å². The molecule has 7 nitrogen and oxygen atoms in total. The number of rotatable bonds is 6. The minimum atomic E-state index is -0.424. The lowest BCUT2D eigenvalue weighted by Crippen LogP contribution is -2.38. The lowest BCUT2D eigenvalue weighted by molar-refractivity contribution is 0.0601. The number of benzene rings is 2. The number of nitrogens with one attached hydrogen (secondary N) is 1. The average Bonchev–Trinajstić information content (AvgIpc) is 3.61. The number of pyridine rings is 1. The van der Waals surface area contributed by atoms with Crippen LogP contribution in [0.3, 0.4) is 0 Å². The number of nitrogens with zero attached hydrogens (tertiary/aromatic N) is 3.